The fourth-order valence-corrected chi connectivity index (χ4v) is 2.82. The van der Waals surface area contributed by atoms with Gasteiger partial charge in [0.05, 0.1) is 5.92 Å². The molecule has 3 atom stereocenters. The first-order chi connectivity index (χ1) is 9.90. The number of carbonyl (C=O) groups excluding carboxylic acids is 1. The highest BCUT2D eigenvalue weighted by molar-refractivity contribution is 5.83. The van der Waals surface area contributed by atoms with Crippen LogP contribution in [0.4, 0.5) is 0 Å². The Morgan fingerprint density at radius 3 is 2.48 bits per heavy atom. The second-order valence-electron chi connectivity index (χ2n) is 5.83. The van der Waals surface area contributed by atoms with Crippen LogP contribution in [0.3, 0.4) is 0 Å². The van der Waals surface area contributed by atoms with Crippen LogP contribution in [0.5, 0.6) is 0 Å². The van der Waals surface area contributed by atoms with Gasteiger partial charge in [-0.05, 0) is 32.3 Å². The lowest BCUT2D eigenvalue weighted by atomic mass is 9.91. The summed E-state index contributed by atoms with van der Waals surface area (Å²) in [6, 6.07) is 6.82. The minimum Gasteiger partial charge on any atom is -0.481 e. The van der Waals surface area contributed by atoms with Gasteiger partial charge in [-0.1, -0.05) is 29.8 Å². The Balaban J connectivity index is 2.06. The van der Waals surface area contributed by atoms with Gasteiger partial charge in [0.2, 0.25) is 5.91 Å². The molecule has 5 heteroatoms. The molecule has 1 aliphatic heterocycles. The molecular weight excluding hydrogens is 268 g/mol. The first-order valence-electron chi connectivity index (χ1n) is 7.25. The van der Waals surface area contributed by atoms with Crippen molar-refractivity contribution in [2.45, 2.75) is 38.8 Å². The van der Waals surface area contributed by atoms with Gasteiger partial charge in [0.15, 0.2) is 0 Å². The third kappa shape index (κ3) is 3.42. The molecule has 1 amide bonds. The van der Waals surface area contributed by atoms with E-state index < -0.39 is 12.0 Å². The van der Waals surface area contributed by atoms with E-state index in [0.717, 1.165) is 11.1 Å². The Morgan fingerprint density at radius 2 is 1.95 bits per heavy atom. The van der Waals surface area contributed by atoms with Gasteiger partial charge in [-0.25, -0.2) is 0 Å². The number of piperidine rings is 1. The van der Waals surface area contributed by atoms with Crippen LogP contribution < -0.4 is 5.73 Å². The lowest BCUT2D eigenvalue weighted by Gasteiger charge is -2.37. The summed E-state index contributed by atoms with van der Waals surface area (Å²) in [5.41, 5.74) is 7.98. The number of hydrogen-bond donors (Lipinski definition) is 2. The summed E-state index contributed by atoms with van der Waals surface area (Å²) < 4.78 is 0. The summed E-state index contributed by atoms with van der Waals surface area (Å²) in [6.45, 7) is 4.32. The standard InChI is InChI=1S/C16H22N2O3/c1-10-3-5-12(6-4-10)14(17)15(19)18-8-7-13(16(20)21)9-11(18)2/h3-6,11,13-14H,7-9,17H2,1-2H3,(H,20,21). The zero-order chi connectivity index (χ0) is 15.6. The molecule has 0 spiro atoms. The number of rotatable bonds is 3. The Kier molecular flexibility index (Phi) is 4.63. The first-order valence-corrected chi connectivity index (χ1v) is 7.25. The summed E-state index contributed by atoms with van der Waals surface area (Å²) in [7, 11) is 0. The monoisotopic (exact) mass is 290 g/mol. The van der Waals surface area contributed by atoms with E-state index in [4.69, 9.17) is 10.8 Å². The van der Waals surface area contributed by atoms with Gasteiger partial charge in [-0.15, -0.1) is 0 Å². The second kappa shape index (κ2) is 6.26. The van der Waals surface area contributed by atoms with Crippen LogP contribution in [0.1, 0.15) is 36.9 Å². The van der Waals surface area contributed by atoms with E-state index in [1.54, 1.807) is 4.90 Å². The van der Waals surface area contributed by atoms with Gasteiger partial charge in [-0.2, -0.15) is 0 Å². The number of carbonyl (C=O) groups is 2. The van der Waals surface area contributed by atoms with Crippen molar-refractivity contribution in [2.24, 2.45) is 11.7 Å². The highest BCUT2D eigenvalue weighted by Crippen LogP contribution is 2.25. The predicted octanol–water partition coefficient (Wildman–Crippen LogP) is 1.71. The number of hydrogen-bond acceptors (Lipinski definition) is 3. The van der Waals surface area contributed by atoms with Crippen LogP contribution in [0.2, 0.25) is 0 Å². The maximum absolute atomic E-state index is 12.5. The third-order valence-electron chi connectivity index (χ3n) is 4.21. The maximum Gasteiger partial charge on any atom is 0.306 e. The molecule has 0 radical (unpaired) electrons. The number of carboxylic acids is 1. The molecule has 1 aliphatic rings. The summed E-state index contributed by atoms with van der Waals surface area (Å²) in [5.74, 6) is -1.27. The van der Waals surface area contributed by atoms with E-state index in [1.165, 1.54) is 0 Å². The molecule has 21 heavy (non-hydrogen) atoms. The van der Waals surface area contributed by atoms with E-state index in [9.17, 15) is 9.59 Å². The van der Waals surface area contributed by atoms with E-state index >= 15 is 0 Å². The molecule has 114 valence electrons. The highest BCUT2D eigenvalue weighted by Gasteiger charge is 2.34. The highest BCUT2D eigenvalue weighted by atomic mass is 16.4. The van der Waals surface area contributed by atoms with E-state index in [0.29, 0.717) is 19.4 Å². The third-order valence-corrected chi connectivity index (χ3v) is 4.21. The van der Waals surface area contributed by atoms with E-state index in [2.05, 4.69) is 0 Å². The number of nitrogens with two attached hydrogens (primary N) is 1. The van der Waals surface area contributed by atoms with Crippen molar-refractivity contribution in [1.82, 2.24) is 4.90 Å². The van der Waals surface area contributed by atoms with Gasteiger partial charge < -0.3 is 15.7 Å². The average molecular weight is 290 g/mol. The topological polar surface area (TPSA) is 83.6 Å². The summed E-state index contributed by atoms with van der Waals surface area (Å²) in [6.07, 6.45) is 0.980. The Labute approximate surface area is 124 Å². The molecule has 1 aromatic carbocycles. The number of amides is 1. The number of likely N-dealkylation sites (tertiary alicyclic amines) is 1. The molecule has 0 bridgehead atoms. The summed E-state index contributed by atoms with van der Waals surface area (Å²) in [4.78, 5) is 25.3. The Hall–Kier alpha value is -1.88. The molecule has 5 nitrogen and oxygen atoms in total. The van der Waals surface area contributed by atoms with Gasteiger partial charge in [-0.3, -0.25) is 9.59 Å². The zero-order valence-corrected chi connectivity index (χ0v) is 12.5. The van der Waals surface area contributed by atoms with Crippen molar-refractivity contribution in [3.8, 4) is 0 Å². The Bertz CT molecular complexity index is 527. The predicted molar refractivity (Wildman–Crippen MR) is 79.6 cm³/mol. The number of nitrogens with zero attached hydrogens (tertiary/aromatic N) is 1. The molecule has 0 saturated carbocycles. The van der Waals surface area contributed by atoms with Crippen molar-refractivity contribution < 1.29 is 14.7 Å². The van der Waals surface area contributed by atoms with E-state index in [-0.39, 0.29) is 17.9 Å². The number of benzene rings is 1. The fourth-order valence-electron chi connectivity index (χ4n) is 2.82. The van der Waals surface area contributed by atoms with E-state index in [1.807, 2.05) is 38.1 Å². The number of aliphatic carboxylic acids is 1. The van der Waals surface area contributed by atoms with Crippen LogP contribution >= 0.6 is 0 Å². The van der Waals surface area contributed by atoms with Crippen molar-refractivity contribution in [2.75, 3.05) is 6.54 Å². The van der Waals surface area contributed by atoms with Crippen LogP contribution in [0, 0.1) is 12.8 Å². The molecule has 3 N–H and O–H groups in total. The maximum atomic E-state index is 12.5. The van der Waals surface area contributed by atoms with Crippen LogP contribution in [0.15, 0.2) is 24.3 Å². The van der Waals surface area contributed by atoms with Gasteiger partial charge in [0, 0.05) is 12.6 Å². The zero-order valence-electron chi connectivity index (χ0n) is 12.5. The number of aryl methyl sites for hydroxylation is 1. The first kappa shape index (κ1) is 15.5. The molecule has 1 aromatic rings. The summed E-state index contributed by atoms with van der Waals surface area (Å²) in [5, 5.41) is 9.07. The molecule has 1 heterocycles. The second-order valence-corrected chi connectivity index (χ2v) is 5.83. The minimum atomic E-state index is -0.781. The largest absolute Gasteiger partial charge is 0.481 e. The lowest BCUT2D eigenvalue weighted by molar-refractivity contribution is -0.147. The Morgan fingerprint density at radius 1 is 1.33 bits per heavy atom. The van der Waals surface area contributed by atoms with Gasteiger partial charge in [0.1, 0.15) is 6.04 Å². The molecule has 0 aromatic heterocycles. The SMILES string of the molecule is Cc1ccc(C(N)C(=O)N2CCC(C(=O)O)CC2C)cc1. The molecule has 0 aliphatic carbocycles. The van der Waals surface area contributed by atoms with Crippen LogP contribution in [0.25, 0.3) is 0 Å². The number of carboxylic acid groups (broad SMARTS) is 1. The van der Waals surface area contributed by atoms with Gasteiger partial charge in [0.25, 0.3) is 0 Å². The molecule has 2 rings (SSSR count). The lowest BCUT2D eigenvalue weighted by Crippen LogP contribution is -2.49. The van der Waals surface area contributed by atoms with Crippen molar-refractivity contribution in [3.05, 3.63) is 35.4 Å². The van der Waals surface area contributed by atoms with Crippen LogP contribution in [-0.2, 0) is 9.59 Å². The molecule has 1 fully saturated rings. The molecule has 3 unspecified atom stereocenters. The molecular formula is C16H22N2O3. The van der Waals surface area contributed by atoms with Gasteiger partial charge >= 0.3 is 5.97 Å². The van der Waals surface area contributed by atoms with Crippen molar-refractivity contribution in [3.63, 3.8) is 0 Å². The summed E-state index contributed by atoms with van der Waals surface area (Å²) >= 11 is 0. The quantitative estimate of drug-likeness (QED) is 0.887. The average Bonchev–Trinajstić information content (AvgIpc) is 2.46. The normalized spacial score (nSPS) is 23.7. The van der Waals surface area contributed by atoms with Crippen molar-refractivity contribution in [1.29, 1.82) is 0 Å². The smallest absolute Gasteiger partial charge is 0.306 e. The fraction of sp³-hybridized carbons (Fsp3) is 0.500. The van der Waals surface area contributed by atoms with Crippen LogP contribution in [-0.4, -0.2) is 34.5 Å². The molecule has 1 saturated heterocycles. The van der Waals surface area contributed by atoms with Crippen molar-refractivity contribution >= 4 is 11.9 Å². The minimum absolute atomic E-state index is 0.0937.